The van der Waals surface area contributed by atoms with Crippen molar-refractivity contribution in [2.75, 3.05) is 5.32 Å². The summed E-state index contributed by atoms with van der Waals surface area (Å²) in [5.41, 5.74) is -0.0233. The van der Waals surface area contributed by atoms with Gasteiger partial charge in [0, 0.05) is 23.7 Å². The van der Waals surface area contributed by atoms with Crippen LogP contribution in [0.2, 0.25) is 0 Å². The van der Waals surface area contributed by atoms with Gasteiger partial charge >= 0.3 is 5.97 Å². The summed E-state index contributed by atoms with van der Waals surface area (Å²) in [7, 11) is 0. The highest BCUT2D eigenvalue weighted by atomic mass is 16.6. The number of anilines is 1. The Bertz CT molecular complexity index is 624. The molecule has 1 aromatic carbocycles. The van der Waals surface area contributed by atoms with Crippen LogP contribution in [0, 0.1) is 22.0 Å². The Morgan fingerprint density at radius 2 is 2.04 bits per heavy atom. The average molecular weight is 320 g/mol. The number of ether oxygens (including phenoxy) is 1. The van der Waals surface area contributed by atoms with Crippen LogP contribution in [0.5, 0.6) is 0 Å². The fourth-order valence-electron chi connectivity index (χ4n) is 2.72. The number of benzene rings is 1. The van der Waals surface area contributed by atoms with Gasteiger partial charge in [0.15, 0.2) is 0 Å². The summed E-state index contributed by atoms with van der Waals surface area (Å²) in [6.07, 6.45) is 1.02. The molecule has 0 radical (unpaired) electrons. The number of cyclic esters (lactones) is 1. The van der Waals surface area contributed by atoms with E-state index in [0.717, 1.165) is 0 Å². The molecule has 1 aliphatic heterocycles. The van der Waals surface area contributed by atoms with E-state index in [4.69, 9.17) is 4.74 Å². The van der Waals surface area contributed by atoms with Crippen LogP contribution in [0.1, 0.15) is 33.6 Å². The molecular weight excluding hydrogens is 300 g/mol. The Labute approximate surface area is 134 Å². The van der Waals surface area contributed by atoms with Crippen molar-refractivity contribution in [3.05, 3.63) is 34.4 Å². The third kappa shape index (κ3) is 4.28. The van der Waals surface area contributed by atoms with E-state index in [1.807, 2.05) is 13.8 Å². The van der Waals surface area contributed by atoms with Crippen molar-refractivity contribution in [1.29, 1.82) is 0 Å². The summed E-state index contributed by atoms with van der Waals surface area (Å²) in [6, 6.07) is 5.62. The zero-order valence-corrected chi connectivity index (χ0v) is 13.4. The smallest absolute Gasteiger partial charge is 0.309 e. The van der Waals surface area contributed by atoms with Crippen LogP contribution < -0.4 is 5.32 Å². The minimum Gasteiger partial charge on any atom is -0.459 e. The summed E-state index contributed by atoms with van der Waals surface area (Å²) >= 11 is 0. The van der Waals surface area contributed by atoms with E-state index in [9.17, 15) is 19.7 Å². The van der Waals surface area contributed by atoms with E-state index >= 15 is 0 Å². The summed E-state index contributed by atoms with van der Waals surface area (Å²) < 4.78 is 5.26. The second-order valence-electron chi connectivity index (χ2n) is 6.51. The van der Waals surface area contributed by atoms with E-state index in [-0.39, 0.29) is 29.4 Å². The molecule has 2 atom stereocenters. The normalized spacial score (nSPS) is 20.7. The van der Waals surface area contributed by atoms with Crippen molar-refractivity contribution < 1.29 is 19.2 Å². The highest BCUT2D eigenvalue weighted by molar-refractivity contribution is 5.92. The molecule has 7 heteroatoms. The summed E-state index contributed by atoms with van der Waals surface area (Å²) in [5, 5.41) is 13.3. The molecular formula is C16H20N2O5. The molecule has 0 bridgehead atoms. The predicted octanol–water partition coefficient (Wildman–Crippen LogP) is 2.90. The van der Waals surface area contributed by atoms with E-state index in [2.05, 4.69) is 5.32 Å². The third-order valence-corrected chi connectivity index (χ3v) is 3.88. The number of rotatable bonds is 5. The number of nitro benzene ring substituents is 1. The predicted molar refractivity (Wildman–Crippen MR) is 83.8 cm³/mol. The van der Waals surface area contributed by atoms with Gasteiger partial charge in [0.25, 0.3) is 5.69 Å². The average Bonchev–Trinajstić information content (AvgIpc) is 2.71. The molecule has 0 saturated carbocycles. The van der Waals surface area contributed by atoms with Gasteiger partial charge < -0.3 is 10.1 Å². The van der Waals surface area contributed by atoms with Crippen molar-refractivity contribution in [2.45, 2.75) is 39.2 Å². The Hall–Kier alpha value is -2.44. The van der Waals surface area contributed by atoms with Gasteiger partial charge in [-0.25, -0.2) is 0 Å². The Kier molecular flexibility index (Phi) is 4.68. The van der Waals surface area contributed by atoms with E-state index < -0.39 is 10.5 Å². The van der Waals surface area contributed by atoms with Gasteiger partial charge in [-0.05, 0) is 38.8 Å². The molecule has 1 heterocycles. The highest BCUT2D eigenvalue weighted by Gasteiger charge is 2.41. The fourth-order valence-corrected chi connectivity index (χ4v) is 2.72. The highest BCUT2D eigenvalue weighted by Crippen LogP contribution is 2.34. The first-order chi connectivity index (χ1) is 10.7. The van der Waals surface area contributed by atoms with Gasteiger partial charge in [0.1, 0.15) is 5.60 Å². The molecule has 7 nitrogen and oxygen atoms in total. The number of hydrogen-bond donors (Lipinski definition) is 1. The number of nitrogens with zero attached hydrogens (tertiary/aromatic N) is 1. The SMILES string of the molecule is C[C@@H](C[C@H]1CC(C)(C)OC1=O)C(=O)Nc1ccc([N+](=O)[O-])cc1. The number of amides is 1. The lowest BCUT2D eigenvalue weighted by atomic mass is 9.89. The van der Waals surface area contributed by atoms with Crippen molar-refractivity contribution >= 4 is 23.3 Å². The number of nitro groups is 1. The number of nitrogens with one attached hydrogen (secondary N) is 1. The quantitative estimate of drug-likeness (QED) is 0.511. The lowest BCUT2D eigenvalue weighted by Gasteiger charge is -2.16. The van der Waals surface area contributed by atoms with Crippen LogP contribution in [-0.2, 0) is 14.3 Å². The van der Waals surface area contributed by atoms with Crippen LogP contribution in [0.4, 0.5) is 11.4 Å². The Balaban J connectivity index is 1.92. The molecule has 1 saturated heterocycles. The zero-order chi connectivity index (χ0) is 17.2. The molecule has 2 rings (SSSR count). The first-order valence-electron chi connectivity index (χ1n) is 7.46. The minimum atomic E-state index is -0.498. The molecule has 1 aliphatic rings. The molecule has 0 aromatic heterocycles. The third-order valence-electron chi connectivity index (χ3n) is 3.88. The topological polar surface area (TPSA) is 98.5 Å². The number of carbonyl (C=O) groups excluding carboxylic acids is 2. The van der Waals surface area contributed by atoms with Crippen molar-refractivity contribution in [3.8, 4) is 0 Å². The monoisotopic (exact) mass is 320 g/mol. The number of hydrogen-bond acceptors (Lipinski definition) is 5. The second-order valence-corrected chi connectivity index (χ2v) is 6.51. The van der Waals surface area contributed by atoms with Gasteiger partial charge in [-0.3, -0.25) is 19.7 Å². The van der Waals surface area contributed by atoms with E-state index in [0.29, 0.717) is 18.5 Å². The molecule has 124 valence electrons. The van der Waals surface area contributed by atoms with Crippen LogP contribution in [-0.4, -0.2) is 22.4 Å². The number of carbonyl (C=O) groups is 2. The maximum Gasteiger partial charge on any atom is 0.309 e. The Morgan fingerprint density at radius 1 is 1.43 bits per heavy atom. The number of esters is 1. The minimum absolute atomic E-state index is 0.0352. The zero-order valence-electron chi connectivity index (χ0n) is 13.4. The molecule has 23 heavy (non-hydrogen) atoms. The summed E-state index contributed by atoms with van der Waals surface area (Å²) in [4.78, 5) is 34.1. The van der Waals surface area contributed by atoms with Gasteiger partial charge in [-0.1, -0.05) is 6.92 Å². The number of non-ortho nitro benzene ring substituents is 1. The van der Waals surface area contributed by atoms with E-state index in [1.54, 1.807) is 6.92 Å². The molecule has 1 N–H and O–H groups in total. The lowest BCUT2D eigenvalue weighted by Crippen LogP contribution is -2.24. The van der Waals surface area contributed by atoms with Crippen molar-refractivity contribution in [3.63, 3.8) is 0 Å². The Morgan fingerprint density at radius 3 is 2.52 bits per heavy atom. The van der Waals surface area contributed by atoms with Crippen molar-refractivity contribution in [1.82, 2.24) is 0 Å². The lowest BCUT2D eigenvalue weighted by molar-refractivity contribution is -0.384. The van der Waals surface area contributed by atoms with Crippen molar-refractivity contribution in [2.24, 2.45) is 11.8 Å². The largest absolute Gasteiger partial charge is 0.459 e. The first kappa shape index (κ1) is 16.9. The molecule has 1 aromatic rings. The van der Waals surface area contributed by atoms with Crippen LogP contribution >= 0.6 is 0 Å². The first-order valence-corrected chi connectivity index (χ1v) is 7.46. The van der Waals surface area contributed by atoms with E-state index in [1.165, 1.54) is 24.3 Å². The molecule has 0 spiro atoms. The van der Waals surface area contributed by atoms with Gasteiger partial charge in [0.2, 0.25) is 5.91 Å². The maximum absolute atomic E-state index is 12.2. The van der Waals surface area contributed by atoms with Crippen LogP contribution in [0.15, 0.2) is 24.3 Å². The van der Waals surface area contributed by atoms with Crippen LogP contribution in [0.25, 0.3) is 0 Å². The molecule has 1 amide bonds. The van der Waals surface area contributed by atoms with Crippen LogP contribution in [0.3, 0.4) is 0 Å². The standard InChI is InChI=1S/C16H20N2O5/c1-10(8-11-9-16(2,3)23-15(11)20)14(19)17-12-4-6-13(7-5-12)18(21)22/h4-7,10-11H,8-9H2,1-3H3,(H,17,19)/t10-,11-/m0/s1. The summed E-state index contributed by atoms with van der Waals surface area (Å²) in [6.45, 7) is 5.46. The molecule has 0 unspecified atom stereocenters. The second kappa shape index (κ2) is 6.36. The molecule has 1 fully saturated rings. The molecule has 0 aliphatic carbocycles. The van der Waals surface area contributed by atoms with Gasteiger partial charge in [-0.15, -0.1) is 0 Å². The van der Waals surface area contributed by atoms with Gasteiger partial charge in [-0.2, -0.15) is 0 Å². The summed E-state index contributed by atoms with van der Waals surface area (Å²) in [5.74, 6) is -1.12. The van der Waals surface area contributed by atoms with Gasteiger partial charge in [0.05, 0.1) is 10.8 Å². The fraction of sp³-hybridized carbons (Fsp3) is 0.500. The maximum atomic E-state index is 12.2.